The summed E-state index contributed by atoms with van der Waals surface area (Å²) in [7, 11) is 1.77. The molecule has 0 atom stereocenters. The van der Waals surface area contributed by atoms with E-state index in [4.69, 9.17) is 9.47 Å². The van der Waals surface area contributed by atoms with Crippen molar-refractivity contribution in [2.75, 3.05) is 33.4 Å². The van der Waals surface area contributed by atoms with Gasteiger partial charge in [-0.05, 0) is 25.8 Å². The van der Waals surface area contributed by atoms with Crippen LogP contribution in [-0.2, 0) is 11.3 Å². The second-order valence-electron chi connectivity index (χ2n) is 4.96. The van der Waals surface area contributed by atoms with Gasteiger partial charge in [-0.2, -0.15) is 0 Å². The smallest absolute Gasteiger partial charge is 0.191 e. The maximum Gasteiger partial charge on any atom is 0.191 e. The Labute approximate surface area is 139 Å². The standard InChI is InChI=1S/C18H29N3O2/c1-4-13-23-17-11-7-6-10-16(17)15-21-18(19-3)20-12-8-9-14-22-5-2/h4,6-7,10-11H,1,5,8-9,12-15H2,2-3H3,(H2,19,20,21). The van der Waals surface area contributed by atoms with E-state index in [1.807, 2.05) is 31.2 Å². The number of hydrogen-bond acceptors (Lipinski definition) is 3. The average molecular weight is 319 g/mol. The summed E-state index contributed by atoms with van der Waals surface area (Å²) in [6, 6.07) is 7.97. The van der Waals surface area contributed by atoms with Crippen LogP contribution in [0.5, 0.6) is 5.75 Å². The zero-order valence-electron chi connectivity index (χ0n) is 14.3. The molecule has 0 bridgehead atoms. The average Bonchev–Trinajstić information content (AvgIpc) is 2.59. The Kier molecular flexibility index (Phi) is 10.4. The van der Waals surface area contributed by atoms with Gasteiger partial charge in [-0.15, -0.1) is 0 Å². The predicted octanol–water partition coefficient (Wildman–Crippen LogP) is 2.73. The maximum absolute atomic E-state index is 5.66. The molecule has 0 saturated carbocycles. The van der Waals surface area contributed by atoms with Crippen LogP contribution in [-0.4, -0.2) is 39.4 Å². The number of guanidine groups is 1. The van der Waals surface area contributed by atoms with Crippen LogP contribution in [0.2, 0.25) is 0 Å². The van der Waals surface area contributed by atoms with Gasteiger partial charge in [-0.1, -0.05) is 30.9 Å². The Balaban J connectivity index is 2.35. The van der Waals surface area contributed by atoms with Crippen LogP contribution in [0.3, 0.4) is 0 Å². The van der Waals surface area contributed by atoms with Crippen molar-refractivity contribution in [1.82, 2.24) is 10.6 Å². The van der Waals surface area contributed by atoms with E-state index in [1.165, 1.54) is 0 Å². The molecule has 0 aliphatic rings. The number of aliphatic imine (C=N–C) groups is 1. The lowest BCUT2D eigenvalue weighted by Gasteiger charge is -2.14. The molecule has 0 fully saturated rings. The first-order valence-corrected chi connectivity index (χ1v) is 8.15. The van der Waals surface area contributed by atoms with Crippen molar-refractivity contribution >= 4 is 5.96 Å². The van der Waals surface area contributed by atoms with Crippen molar-refractivity contribution in [3.8, 4) is 5.75 Å². The fraction of sp³-hybridized carbons (Fsp3) is 0.500. The van der Waals surface area contributed by atoms with Crippen LogP contribution < -0.4 is 15.4 Å². The molecular formula is C18H29N3O2. The van der Waals surface area contributed by atoms with Gasteiger partial charge in [-0.25, -0.2) is 0 Å². The van der Waals surface area contributed by atoms with Crippen molar-refractivity contribution in [2.45, 2.75) is 26.3 Å². The number of rotatable bonds is 11. The first-order valence-electron chi connectivity index (χ1n) is 8.15. The summed E-state index contributed by atoms with van der Waals surface area (Å²) in [5.41, 5.74) is 1.09. The molecule has 23 heavy (non-hydrogen) atoms. The minimum Gasteiger partial charge on any atom is -0.489 e. The number of para-hydroxylation sites is 1. The maximum atomic E-state index is 5.66. The van der Waals surface area contributed by atoms with Crippen LogP contribution in [0.25, 0.3) is 0 Å². The lowest BCUT2D eigenvalue weighted by Crippen LogP contribution is -2.37. The molecule has 128 valence electrons. The summed E-state index contributed by atoms with van der Waals surface area (Å²) in [5, 5.41) is 6.61. The van der Waals surface area contributed by atoms with Gasteiger partial charge in [0.1, 0.15) is 12.4 Å². The summed E-state index contributed by atoms with van der Waals surface area (Å²) in [5.74, 6) is 1.66. The molecule has 0 aromatic heterocycles. The molecule has 5 heteroatoms. The lowest BCUT2D eigenvalue weighted by molar-refractivity contribution is 0.143. The summed E-state index contributed by atoms with van der Waals surface area (Å²) in [4.78, 5) is 4.24. The van der Waals surface area contributed by atoms with Crippen LogP contribution in [0.4, 0.5) is 0 Å². The highest BCUT2D eigenvalue weighted by Gasteiger charge is 2.04. The van der Waals surface area contributed by atoms with E-state index in [2.05, 4.69) is 22.2 Å². The number of unbranched alkanes of at least 4 members (excludes halogenated alkanes) is 1. The molecule has 1 aromatic carbocycles. The Bertz CT molecular complexity index is 475. The van der Waals surface area contributed by atoms with Crippen LogP contribution >= 0.6 is 0 Å². The fourth-order valence-corrected chi connectivity index (χ4v) is 2.02. The van der Waals surface area contributed by atoms with E-state index in [9.17, 15) is 0 Å². The zero-order chi connectivity index (χ0) is 16.8. The third-order valence-electron chi connectivity index (χ3n) is 3.21. The molecule has 0 heterocycles. The molecular weight excluding hydrogens is 290 g/mol. The number of ether oxygens (including phenoxy) is 2. The molecule has 0 saturated heterocycles. The topological polar surface area (TPSA) is 54.9 Å². The fourth-order valence-electron chi connectivity index (χ4n) is 2.02. The second kappa shape index (κ2) is 12.5. The Morgan fingerprint density at radius 3 is 2.83 bits per heavy atom. The monoisotopic (exact) mass is 319 g/mol. The van der Waals surface area contributed by atoms with Gasteiger partial charge < -0.3 is 20.1 Å². The van der Waals surface area contributed by atoms with Crippen LogP contribution in [0.15, 0.2) is 41.9 Å². The van der Waals surface area contributed by atoms with Gasteiger partial charge in [0.15, 0.2) is 5.96 Å². The molecule has 2 N–H and O–H groups in total. The molecule has 1 rings (SSSR count). The quantitative estimate of drug-likeness (QED) is 0.285. The van der Waals surface area contributed by atoms with Crippen molar-refractivity contribution < 1.29 is 9.47 Å². The second-order valence-corrected chi connectivity index (χ2v) is 4.96. The molecule has 0 unspecified atom stereocenters. The minimum absolute atomic E-state index is 0.504. The van der Waals surface area contributed by atoms with Crippen molar-refractivity contribution in [1.29, 1.82) is 0 Å². The highest BCUT2D eigenvalue weighted by Crippen LogP contribution is 2.17. The van der Waals surface area contributed by atoms with Crippen LogP contribution in [0, 0.1) is 0 Å². The molecule has 1 aromatic rings. The highest BCUT2D eigenvalue weighted by molar-refractivity contribution is 5.79. The molecule has 0 aliphatic heterocycles. The Hall–Kier alpha value is -2.01. The normalized spacial score (nSPS) is 11.1. The van der Waals surface area contributed by atoms with E-state index in [1.54, 1.807) is 13.1 Å². The third-order valence-corrected chi connectivity index (χ3v) is 3.21. The van der Waals surface area contributed by atoms with Crippen molar-refractivity contribution in [2.24, 2.45) is 4.99 Å². The van der Waals surface area contributed by atoms with E-state index in [0.717, 1.165) is 49.9 Å². The van der Waals surface area contributed by atoms with E-state index in [0.29, 0.717) is 13.2 Å². The highest BCUT2D eigenvalue weighted by atomic mass is 16.5. The van der Waals surface area contributed by atoms with Crippen molar-refractivity contribution in [3.05, 3.63) is 42.5 Å². The third kappa shape index (κ3) is 8.26. The Morgan fingerprint density at radius 2 is 2.09 bits per heavy atom. The van der Waals surface area contributed by atoms with E-state index < -0.39 is 0 Å². The zero-order valence-corrected chi connectivity index (χ0v) is 14.3. The lowest BCUT2D eigenvalue weighted by atomic mass is 10.2. The van der Waals surface area contributed by atoms with Gasteiger partial charge in [-0.3, -0.25) is 4.99 Å². The molecule has 0 radical (unpaired) electrons. The number of nitrogens with one attached hydrogen (secondary N) is 2. The number of hydrogen-bond donors (Lipinski definition) is 2. The van der Waals surface area contributed by atoms with Gasteiger partial charge in [0, 0.05) is 38.9 Å². The first-order chi connectivity index (χ1) is 11.3. The summed E-state index contributed by atoms with van der Waals surface area (Å²) in [6.07, 6.45) is 3.85. The predicted molar refractivity (Wildman–Crippen MR) is 96.1 cm³/mol. The molecule has 0 aliphatic carbocycles. The molecule has 0 spiro atoms. The van der Waals surface area contributed by atoms with Gasteiger partial charge in [0.2, 0.25) is 0 Å². The van der Waals surface area contributed by atoms with Crippen LogP contribution in [0.1, 0.15) is 25.3 Å². The summed E-state index contributed by atoms with van der Waals surface area (Å²) < 4.78 is 11.0. The molecule has 5 nitrogen and oxygen atoms in total. The van der Waals surface area contributed by atoms with Gasteiger partial charge in [0.25, 0.3) is 0 Å². The van der Waals surface area contributed by atoms with E-state index in [-0.39, 0.29) is 0 Å². The SMILES string of the molecule is C=CCOc1ccccc1CNC(=NC)NCCCCOCC. The van der Waals surface area contributed by atoms with Gasteiger partial charge in [0.05, 0.1) is 0 Å². The summed E-state index contributed by atoms with van der Waals surface area (Å²) in [6.45, 7) is 9.33. The molecule has 0 amide bonds. The van der Waals surface area contributed by atoms with E-state index >= 15 is 0 Å². The number of nitrogens with zero attached hydrogens (tertiary/aromatic N) is 1. The number of benzene rings is 1. The van der Waals surface area contributed by atoms with Crippen molar-refractivity contribution in [3.63, 3.8) is 0 Å². The minimum atomic E-state index is 0.504. The summed E-state index contributed by atoms with van der Waals surface area (Å²) >= 11 is 0. The first kappa shape index (κ1) is 19.0. The van der Waals surface area contributed by atoms with Gasteiger partial charge >= 0.3 is 0 Å². The Morgan fingerprint density at radius 1 is 1.26 bits per heavy atom. The largest absolute Gasteiger partial charge is 0.489 e.